The summed E-state index contributed by atoms with van der Waals surface area (Å²) in [4.78, 5) is 11.6. The molecule has 0 bridgehead atoms. The first-order valence-electron chi connectivity index (χ1n) is 5.67. The molecule has 1 fully saturated rings. The Kier molecular flexibility index (Phi) is 3.51. The molecule has 4 atom stereocenters. The normalized spacial score (nSPS) is 30.2. The third-order valence-corrected chi connectivity index (χ3v) is 3.53. The number of nitrogens with zero attached hydrogens (tertiary/aromatic N) is 4. The molecule has 1 aliphatic heterocycles. The second-order valence-corrected chi connectivity index (χ2v) is 4.99. The summed E-state index contributed by atoms with van der Waals surface area (Å²) in [6.45, 7) is -0.499. The topological polar surface area (TPSA) is 93.3 Å². The van der Waals surface area contributed by atoms with E-state index in [9.17, 15) is 9.50 Å². The average molecular weight is 323 g/mol. The van der Waals surface area contributed by atoms with Crippen molar-refractivity contribution in [2.24, 2.45) is 0 Å². The quantitative estimate of drug-likeness (QED) is 0.625. The van der Waals surface area contributed by atoms with Crippen LogP contribution >= 0.6 is 23.2 Å². The number of hydrogen-bond donors (Lipinski definition) is 2. The second-order valence-electron chi connectivity index (χ2n) is 4.29. The van der Waals surface area contributed by atoms with Crippen LogP contribution in [0.4, 0.5) is 4.39 Å². The summed E-state index contributed by atoms with van der Waals surface area (Å²) in [6, 6.07) is 0. The van der Waals surface area contributed by atoms with Crippen molar-refractivity contribution in [3.8, 4) is 0 Å². The van der Waals surface area contributed by atoms with Crippen LogP contribution < -0.4 is 0 Å². The van der Waals surface area contributed by atoms with Gasteiger partial charge >= 0.3 is 0 Å². The number of alkyl halides is 1. The molecule has 0 aliphatic carbocycles. The molecule has 0 amide bonds. The van der Waals surface area contributed by atoms with Crippen molar-refractivity contribution < 1.29 is 19.3 Å². The lowest BCUT2D eigenvalue weighted by Gasteiger charge is -2.14. The molecule has 0 aromatic carbocycles. The molecule has 3 rings (SSSR count). The second kappa shape index (κ2) is 5.05. The van der Waals surface area contributed by atoms with Gasteiger partial charge in [-0.15, -0.1) is 0 Å². The van der Waals surface area contributed by atoms with E-state index in [1.807, 2.05) is 0 Å². The van der Waals surface area contributed by atoms with Gasteiger partial charge in [0.25, 0.3) is 0 Å². The highest BCUT2D eigenvalue weighted by Gasteiger charge is 2.45. The van der Waals surface area contributed by atoms with Gasteiger partial charge in [0.15, 0.2) is 23.2 Å². The minimum atomic E-state index is -1.74. The van der Waals surface area contributed by atoms with E-state index in [2.05, 4.69) is 15.0 Å². The molecule has 2 N–H and O–H groups in total. The van der Waals surface area contributed by atoms with Gasteiger partial charge in [0.1, 0.15) is 17.7 Å². The Morgan fingerprint density at radius 1 is 1.40 bits per heavy atom. The third kappa shape index (κ3) is 2.04. The highest BCUT2D eigenvalue weighted by Crippen LogP contribution is 2.34. The van der Waals surface area contributed by atoms with Crippen LogP contribution in [-0.2, 0) is 4.74 Å². The van der Waals surface area contributed by atoms with E-state index < -0.39 is 31.2 Å². The van der Waals surface area contributed by atoms with Gasteiger partial charge in [0, 0.05) is 0 Å². The Bertz CT molecular complexity index is 655. The number of aliphatic hydroxyl groups is 2. The number of imidazole rings is 1. The number of rotatable bonds is 2. The zero-order valence-electron chi connectivity index (χ0n) is 9.82. The van der Waals surface area contributed by atoms with Gasteiger partial charge in [-0.1, -0.05) is 11.6 Å². The molecule has 7 nitrogen and oxygen atoms in total. The lowest BCUT2D eigenvalue weighted by molar-refractivity contribution is -0.0459. The van der Waals surface area contributed by atoms with E-state index in [-0.39, 0.29) is 21.6 Å². The minimum Gasteiger partial charge on any atom is -0.394 e. The lowest BCUT2D eigenvalue weighted by atomic mass is 10.1. The predicted molar refractivity (Wildman–Crippen MR) is 67.2 cm³/mol. The highest BCUT2D eigenvalue weighted by molar-refractivity contribution is 6.35. The molecule has 0 saturated carbocycles. The first-order chi connectivity index (χ1) is 9.52. The molecule has 1 saturated heterocycles. The Labute approximate surface area is 121 Å². The monoisotopic (exact) mass is 322 g/mol. The van der Waals surface area contributed by atoms with Crippen molar-refractivity contribution in [1.29, 1.82) is 0 Å². The van der Waals surface area contributed by atoms with Crippen LogP contribution in [-0.4, -0.2) is 54.7 Å². The van der Waals surface area contributed by atoms with E-state index in [1.165, 1.54) is 10.9 Å². The molecule has 20 heavy (non-hydrogen) atoms. The molecule has 0 spiro atoms. The Morgan fingerprint density at radius 3 is 2.80 bits per heavy atom. The maximum Gasteiger partial charge on any atom is 0.225 e. The van der Waals surface area contributed by atoms with E-state index in [0.29, 0.717) is 0 Å². The molecule has 10 heteroatoms. The number of halogens is 3. The van der Waals surface area contributed by atoms with Crippen molar-refractivity contribution >= 4 is 34.4 Å². The summed E-state index contributed by atoms with van der Waals surface area (Å²) in [7, 11) is 0. The molecule has 2 aromatic heterocycles. The van der Waals surface area contributed by atoms with Crippen LogP contribution in [0.15, 0.2) is 6.33 Å². The van der Waals surface area contributed by atoms with Crippen LogP contribution in [0.3, 0.4) is 0 Å². The van der Waals surface area contributed by atoms with E-state index >= 15 is 0 Å². The first kappa shape index (κ1) is 13.9. The van der Waals surface area contributed by atoms with Crippen LogP contribution in [0.1, 0.15) is 6.23 Å². The van der Waals surface area contributed by atoms with Gasteiger partial charge in [-0.2, -0.15) is 4.98 Å². The molecular formula is C10H9Cl2FN4O3. The van der Waals surface area contributed by atoms with Crippen molar-refractivity contribution in [1.82, 2.24) is 19.5 Å². The van der Waals surface area contributed by atoms with Crippen LogP contribution in [0.25, 0.3) is 11.2 Å². The fourth-order valence-corrected chi connectivity index (χ4v) is 2.54. The van der Waals surface area contributed by atoms with Gasteiger partial charge in [0.05, 0.1) is 12.9 Å². The molecule has 0 radical (unpaired) electrons. The van der Waals surface area contributed by atoms with Crippen molar-refractivity contribution in [2.45, 2.75) is 24.6 Å². The van der Waals surface area contributed by atoms with Gasteiger partial charge in [-0.25, -0.2) is 14.4 Å². The zero-order chi connectivity index (χ0) is 14.4. The summed E-state index contributed by atoms with van der Waals surface area (Å²) in [5.41, 5.74) is 0.433. The molecule has 1 unspecified atom stereocenters. The third-order valence-electron chi connectivity index (χ3n) is 3.10. The van der Waals surface area contributed by atoms with Gasteiger partial charge < -0.3 is 14.9 Å². The average Bonchev–Trinajstić information content (AvgIpc) is 2.93. The Hall–Kier alpha value is -1.06. The molecule has 108 valence electrons. The number of ether oxygens (including phenoxy) is 1. The summed E-state index contributed by atoms with van der Waals surface area (Å²) in [5.74, 6) is 0. The molecule has 1 aliphatic rings. The largest absolute Gasteiger partial charge is 0.394 e. The maximum atomic E-state index is 14.1. The van der Waals surface area contributed by atoms with E-state index in [4.69, 9.17) is 33.0 Å². The molecular weight excluding hydrogens is 314 g/mol. The Morgan fingerprint density at radius 2 is 2.15 bits per heavy atom. The lowest BCUT2D eigenvalue weighted by Crippen LogP contribution is -2.30. The number of aromatic nitrogens is 4. The van der Waals surface area contributed by atoms with Crippen LogP contribution in [0, 0.1) is 0 Å². The maximum absolute atomic E-state index is 14.1. The van der Waals surface area contributed by atoms with Crippen molar-refractivity contribution in [3.05, 3.63) is 16.8 Å². The van der Waals surface area contributed by atoms with E-state index in [1.54, 1.807) is 0 Å². The van der Waals surface area contributed by atoms with Gasteiger partial charge in [-0.05, 0) is 11.6 Å². The fraction of sp³-hybridized carbons (Fsp3) is 0.500. The molecule has 2 aromatic rings. The van der Waals surface area contributed by atoms with Crippen LogP contribution in [0.2, 0.25) is 10.4 Å². The Balaban J connectivity index is 2.07. The van der Waals surface area contributed by atoms with Crippen LogP contribution in [0.5, 0.6) is 0 Å². The summed E-state index contributed by atoms with van der Waals surface area (Å²) < 4.78 is 20.6. The van der Waals surface area contributed by atoms with Gasteiger partial charge in [-0.3, -0.25) is 4.57 Å². The first-order valence-corrected chi connectivity index (χ1v) is 6.42. The summed E-state index contributed by atoms with van der Waals surface area (Å²) in [6.07, 6.45) is -4.09. The van der Waals surface area contributed by atoms with E-state index in [0.717, 1.165) is 0 Å². The van der Waals surface area contributed by atoms with Crippen molar-refractivity contribution in [3.63, 3.8) is 0 Å². The van der Waals surface area contributed by atoms with Gasteiger partial charge in [0.2, 0.25) is 5.28 Å². The number of hydrogen-bond acceptors (Lipinski definition) is 6. The fourth-order valence-electron chi connectivity index (χ4n) is 2.12. The standard InChI is InChI=1S/C10H9Cl2FN4O3/c11-7-5-8(16-10(12)15-7)17(2-14-5)9-4(13)6(19)3(1-18)20-9/h2-4,6,9,18-19H,1H2/t3-,4-,6?,9-/m1/s1. The summed E-state index contributed by atoms with van der Waals surface area (Å²) >= 11 is 11.6. The minimum absolute atomic E-state index is 0.0337. The predicted octanol–water partition coefficient (Wildman–Crippen LogP) is 0.722. The number of fused-ring (bicyclic) bond motifs is 1. The van der Waals surface area contributed by atoms with Crippen molar-refractivity contribution in [2.75, 3.05) is 6.61 Å². The smallest absolute Gasteiger partial charge is 0.225 e. The summed E-state index contributed by atoms with van der Waals surface area (Å²) in [5, 5.41) is 18.6. The SMILES string of the molecule is OC[C@H]1O[C@@H](n2cnc3c(Cl)nc(Cl)nc32)[C@H](F)C1O. The highest BCUT2D eigenvalue weighted by atomic mass is 35.5. The molecule has 3 heterocycles. The zero-order valence-corrected chi connectivity index (χ0v) is 11.3. The number of aliphatic hydroxyl groups excluding tert-OH is 2.